The number of nitro benzene ring substituents is 1. The lowest BCUT2D eigenvalue weighted by molar-refractivity contribution is -0.384. The number of hydrogen-bond donors (Lipinski definition) is 1. The fourth-order valence-electron chi connectivity index (χ4n) is 3.20. The molecule has 0 radical (unpaired) electrons. The molecule has 1 N–H and O–H groups in total. The van der Waals surface area contributed by atoms with E-state index in [1.807, 2.05) is 12.1 Å². The summed E-state index contributed by atoms with van der Waals surface area (Å²) in [4.78, 5) is 25.0. The number of para-hydroxylation sites is 1. The van der Waals surface area contributed by atoms with Crippen molar-refractivity contribution in [3.8, 4) is 5.75 Å². The van der Waals surface area contributed by atoms with E-state index in [1.54, 1.807) is 0 Å². The highest BCUT2D eigenvalue weighted by Gasteiger charge is 2.18. The second-order valence-electron chi connectivity index (χ2n) is 6.16. The summed E-state index contributed by atoms with van der Waals surface area (Å²) in [5.41, 5.74) is 2.70. The third-order valence-corrected chi connectivity index (χ3v) is 4.48. The molecule has 0 saturated carbocycles. The molecule has 136 valence electrons. The summed E-state index contributed by atoms with van der Waals surface area (Å²) in [6.07, 6.45) is 2.42. The lowest BCUT2D eigenvalue weighted by Gasteiger charge is -2.31. The highest BCUT2D eigenvalue weighted by Crippen LogP contribution is 2.29. The number of nitrogens with zero attached hydrogens (tertiary/aromatic N) is 2. The molecule has 2 aromatic rings. The van der Waals surface area contributed by atoms with Crippen LogP contribution in [0, 0.1) is 10.1 Å². The number of nitrogens with one attached hydrogen (secondary N) is 1. The maximum Gasteiger partial charge on any atom is 0.271 e. The van der Waals surface area contributed by atoms with Gasteiger partial charge in [-0.1, -0.05) is 18.2 Å². The monoisotopic (exact) mass is 355 g/mol. The van der Waals surface area contributed by atoms with Gasteiger partial charge in [0.1, 0.15) is 5.75 Å². The van der Waals surface area contributed by atoms with Crippen molar-refractivity contribution < 1.29 is 14.5 Å². The fourth-order valence-corrected chi connectivity index (χ4v) is 3.20. The largest absolute Gasteiger partial charge is 0.495 e. The zero-order valence-corrected chi connectivity index (χ0v) is 14.6. The van der Waals surface area contributed by atoms with Gasteiger partial charge in [-0.25, -0.2) is 0 Å². The van der Waals surface area contributed by atoms with Crippen LogP contribution < -0.4 is 15.0 Å². The predicted octanol–water partition coefficient (Wildman–Crippen LogP) is 3.38. The van der Waals surface area contributed by atoms with Crippen molar-refractivity contribution in [2.75, 3.05) is 30.4 Å². The highest BCUT2D eigenvalue weighted by molar-refractivity contribution is 5.93. The van der Waals surface area contributed by atoms with Crippen LogP contribution in [-0.4, -0.2) is 31.0 Å². The minimum atomic E-state index is -0.500. The zero-order valence-electron chi connectivity index (χ0n) is 14.6. The van der Waals surface area contributed by atoms with Crippen LogP contribution in [0.3, 0.4) is 0 Å². The second-order valence-corrected chi connectivity index (χ2v) is 6.16. The molecule has 7 nitrogen and oxygen atoms in total. The molecule has 0 saturated heterocycles. The van der Waals surface area contributed by atoms with Crippen molar-refractivity contribution in [2.45, 2.75) is 19.3 Å². The summed E-state index contributed by atoms with van der Waals surface area (Å²) in [5.74, 6) is 0.194. The van der Waals surface area contributed by atoms with E-state index >= 15 is 0 Å². The predicted molar refractivity (Wildman–Crippen MR) is 99.9 cm³/mol. The third kappa shape index (κ3) is 3.93. The summed E-state index contributed by atoms with van der Waals surface area (Å²) in [7, 11) is 1.46. The number of carbonyl (C=O) groups excluding carboxylic acids is 1. The number of amides is 1. The van der Waals surface area contributed by atoms with E-state index in [0.29, 0.717) is 24.4 Å². The molecule has 1 amide bonds. The Bertz CT molecular complexity index is 822. The van der Waals surface area contributed by atoms with Gasteiger partial charge in [-0.15, -0.1) is 0 Å². The van der Waals surface area contributed by atoms with Crippen LogP contribution in [0.1, 0.15) is 18.4 Å². The first kappa shape index (κ1) is 17.7. The van der Waals surface area contributed by atoms with E-state index in [9.17, 15) is 14.9 Å². The van der Waals surface area contributed by atoms with Crippen LogP contribution in [0.25, 0.3) is 0 Å². The Morgan fingerprint density at radius 1 is 1.31 bits per heavy atom. The summed E-state index contributed by atoms with van der Waals surface area (Å²) in [6.45, 7) is 1.52. The average molecular weight is 355 g/mol. The van der Waals surface area contributed by atoms with Crippen molar-refractivity contribution in [3.05, 3.63) is 58.1 Å². The number of rotatable bonds is 6. The summed E-state index contributed by atoms with van der Waals surface area (Å²) >= 11 is 0. The van der Waals surface area contributed by atoms with Crippen LogP contribution in [0.15, 0.2) is 42.5 Å². The first-order valence-electron chi connectivity index (χ1n) is 8.53. The molecule has 3 rings (SSSR count). The van der Waals surface area contributed by atoms with Gasteiger partial charge in [0.2, 0.25) is 5.91 Å². The SMILES string of the molecule is COc1ccc([N+](=O)[O-])cc1NC(=O)CCN1CCCc2ccccc21. The summed E-state index contributed by atoms with van der Waals surface area (Å²) < 4.78 is 5.17. The van der Waals surface area contributed by atoms with E-state index < -0.39 is 4.92 Å². The number of methoxy groups -OCH3 is 1. The quantitative estimate of drug-likeness (QED) is 0.634. The topological polar surface area (TPSA) is 84.7 Å². The standard InChI is InChI=1S/C19H21N3O4/c1-26-18-9-8-15(22(24)25)13-16(18)20-19(23)10-12-21-11-4-6-14-5-2-3-7-17(14)21/h2-3,5,7-9,13H,4,6,10-12H2,1H3,(H,20,23). The van der Waals surface area contributed by atoms with Crippen molar-refractivity contribution in [1.82, 2.24) is 0 Å². The van der Waals surface area contributed by atoms with Gasteiger partial charge < -0.3 is 15.0 Å². The van der Waals surface area contributed by atoms with Gasteiger partial charge >= 0.3 is 0 Å². The number of aryl methyl sites for hydroxylation is 1. The van der Waals surface area contributed by atoms with Crippen molar-refractivity contribution >= 4 is 23.0 Å². The van der Waals surface area contributed by atoms with Gasteiger partial charge in [0, 0.05) is 37.3 Å². The van der Waals surface area contributed by atoms with Crippen molar-refractivity contribution in [1.29, 1.82) is 0 Å². The van der Waals surface area contributed by atoms with Crippen LogP contribution in [0.5, 0.6) is 5.75 Å². The number of hydrogen-bond acceptors (Lipinski definition) is 5. The number of non-ortho nitro benzene ring substituents is 1. The first-order valence-corrected chi connectivity index (χ1v) is 8.53. The van der Waals surface area contributed by atoms with Crippen LogP contribution in [-0.2, 0) is 11.2 Å². The Balaban J connectivity index is 1.65. The van der Waals surface area contributed by atoms with Gasteiger partial charge in [-0.3, -0.25) is 14.9 Å². The number of benzene rings is 2. The van der Waals surface area contributed by atoms with Crippen LogP contribution in [0.2, 0.25) is 0 Å². The fraction of sp³-hybridized carbons (Fsp3) is 0.316. The lowest BCUT2D eigenvalue weighted by atomic mass is 10.0. The number of carbonyl (C=O) groups is 1. The molecular formula is C19H21N3O4. The Morgan fingerprint density at radius 3 is 2.88 bits per heavy atom. The molecule has 0 unspecified atom stereocenters. The second kappa shape index (κ2) is 7.86. The first-order chi connectivity index (χ1) is 12.6. The lowest BCUT2D eigenvalue weighted by Crippen LogP contribution is -2.32. The number of ether oxygens (including phenoxy) is 1. The molecule has 0 aromatic heterocycles. The molecule has 0 aliphatic carbocycles. The molecule has 7 heteroatoms. The maximum atomic E-state index is 12.4. The Hall–Kier alpha value is -3.09. The molecule has 26 heavy (non-hydrogen) atoms. The number of fused-ring (bicyclic) bond motifs is 1. The van der Waals surface area contributed by atoms with Gasteiger partial charge in [0.15, 0.2) is 0 Å². The Morgan fingerprint density at radius 2 is 2.12 bits per heavy atom. The molecule has 1 aliphatic rings. The van der Waals surface area contributed by atoms with Crippen molar-refractivity contribution in [3.63, 3.8) is 0 Å². The highest BCUT2D eigenvalue weighted by atomic mass is 16.6. The number of anilines is 2. The van der Waals surface area contributed by atoms with Gasteiger partial charge in [0.25, 0.3) is 5.69 Å². The van der Waals surface area contributed by atoms with Crippen LogP contribution in [0.4, 0.5) is 17.1 Å². The summed E-state index contributed by atoms with van der Waals surface area (Å²) in [5, 5.41) is 13.7. The van der Waals surface area contributed by atoms with E-state index in [0.717, 1.165) is 19.4 Å². The molecule has 0 spiro atoms. The van der Waals surface area contributed by atoms with Gasteiger partial charge in [0.05, 0.1) is 17.7 Å². The normalized spacial score (nSPS) is 13.0. The summed E-state index contributed by atoms with van der Waals surface area (Å²) in [6, 6.07) is 12.4. The van der Waals surface area contributed by atoms with Crippen LogP contribution >= 0.6 is 0 Å². The molecular weight excluding hydrogens is 334 g/mol. The van der Waals surface area contributed by atoms with E-state index in [4.69, 9.17) is 4.74 Å². The molecule has 1 heterocycles. The zero-order chi connectivity index (χ0) is 18.5. The Labute approximate surface area is 151 Å². The molecule has 2 aromatic carbocycles. The molecule has 0 bridgehead atoms. The Kier molecular flexibility index (Phi) is 5.36. The molecule has 0 fully saturated rings. The van der Waals surface area contributed by atoms with Gasteiger partial charge in [-0.05, 0) is 30.5 Å². The molecule has 1 aliphatic heterocycles. The van der Waals surface area contributed by atoms with E-state index in [2.05, 4.69) is 22.3 Å². The third-order valence-electron chi connectivity index (χ3n) is 4.48. The average Bonchev–Trinajstić information content (AvgIpc) is 2.66. The van der Waals surface area contributed by atoms with Crippen molar-refractivity contribution in [2.24, 2.45) is 0 Å². The van der Waals surface area contributed by atoms with Gasteiger partial charge in [-0.2, -0.15) is 0 Å². The maximum absolute atomic E-state index is 12.4. The van der Waals surface area contributed by atoms with E-state index in [-0.39, 0.29) is 11.6 Å². The molecule has 0 atom stereocenters. The smallest absolute Gasteiger partial charge is 0.271 e. The van der Waals surface area contributed by atoms with E-state index in [1.165, 1.54) is 36.6 Å². The minimum absolute atomic E-state index is 0.0916. The minimum Gasteiger partial charge on any atom is -0.495 e. The number of nitro groups is 1.